The fraction of sp³-hybridized carbons (Fsp3) is 0.0833. The van der Waals surface area contributed by atoms with E-state index in [1.54, 1.807) is 42.5 Å². The first-order chi connectivity index (χ1) is 16.0. The van der Waals surface area contributed by atoms with Crippen molar-refractivity contribution in [3.63, 3.8) is 0 Å². The molecule has 4 aromatic rings. The van der Waals surface area contributed by atoms with E-state index in [1.165, 1.54) is 25.5 Å². The van der Waals surface area contributed by atoms with E-state index < -0.39 is 10.8 Å². The number of nitrogens with one attached hydrogen (secondary N) is 1. The predicted molar refractivity (Wildman–Crippen MR) is 122 cm³/mol. The molecule has 0 bridgehead atoms. The molecule has 0 aliphatic heterocycles. The van der Waals surface area contributed by atoms with Crippen molar-refractivity contribution in [2.24, 2.45) is 5.10 Å². The fourth-order valence-electron chi connectivity index (χ4n) is 3.07. The number of non-ortho nitro benzene ring substituents is 1. The molecule has 1 aromatic heterocycles. The van der Waals surface area contributed by atoms with Crippen molar-refractivity contribution < 1.29 is 23.6 Å². The molecule has 0 unspecified atom stereocenters. The quantitative estimate of drug-likeness (QED) is 0.239. The third-order valence-electron chi connectivity index (χ3n) is 4.76. The lowest BCUT2D eigenvalue weighted by molar-refractivity contribution is -0.384. The van der Waals surface area contributed by atoms with Crippen molar-refractivity contribution in [2.75, 3.05) is 7.11 Å². The van der Waals surface area contributed by atoms with E-state index >= 15 is 0 Å². The zero-order valence-electron chi connectivity index (χ0n) is 17.6. The largest absolute Gasteiger partial charge is 0.493 e. The molecule has 3 aromatic carbocycles. The van der Waals surface area contributed by atoms with Crippen LogP contribution in [0.4, 0.5) is 5.69 Å². The molecule has 166 valence electrons. The third-order valence-corrected chi connectivity index (χ3v) is 4.76. The van der Waals surface area contributed by atoms with Gasteiger partial charge in [-0.3, -0.25) is 14.9 Å². The standard InChI is InChI=1S/C24H19N3O6/c1-31-22-12-17(8-11-21(22)32-15-16-6-9-19(10-7-16)27(29)30)14-25-26-24(28)23-13-18-4-2-3-5-20(18)33-23/h2-14H,15H2,1H3,(H,26,28)/b25-14+. The molecule has 1 heterocycles. The Labute approximate surface area is 188 Å². The van der Waals surface area contributed by atoms with Crippen molar-refractivity contribution >= 4 is 28.8 Å². The molecule has 0 fully saturated rings. The van der Waals surface area contributed by atoms with Crippen molar-refractivity contribution in [2.45, 2.75) is 6.61 Å². The van der Waals surface area contributed by atoms with Crippen molar-refractivity contribution in [1.29, 1.82) is 0 Å². The number of furan rings is 1. The molecular formula is C24H19N3O6. The maximum absolute atomic E-state index is 12.3. The maximum Gasteiger partial charge on any atom is 0.307 e. The average Bonchev–Trinajstić information content (AvgIpc) is 3.28. The van der Waals surface area contributed by atoms with Gasteiger partial charge < -0.3 is 13.9 Å². The summed E-state index contributed by atoms with van der Waals surface area (Å²) >= 11 is 0. The Balaban J connectivity index is 1.38. The molecule has 0 atom stereocenters. The second-order valence-electron chi connectivity index (χ2n) is 6.97. The second-order valence-corrected chi connectivity index (χ2v) is 6.97. The van der Waals surface area contributed by atoms with E-state index in [4.69, 9.17) is 13.9 Å². The van der Waals surface area contributed by atoms with Gasteiger partial charge in [0.2, 0.25) is 0 Å². The highest BCUT2D eigenvalue weighted by Crippen LogP contribution is 2.28. The number of para-hydroxylation sites is 1. The van der Waals surface area contributed by atoms with E-state index in [0.717, 1.165) is 10.9 Å². The fourth-order valence-corrected chi connectivity index (χ4v) is 3.07. The highest BCUT2D eigenvalue weighted by Gasteiger charge is 2.11. The van der Waals surface area contributed by atoms with Gasteiger partial charge in [0.15, 0.2) is 17.3 Å². The number of hydrogen-bond acceptors (Lipinski definition) is 7. The highest BCUT2D eigenvalue weighted by molar-refractivity contribution is 5.96. The van der Waals surface area contributed by atoms with Crippen LogP contribution in [0.3, 0.4) is 0 Å². The first-order valence-corrected chi connectivity index (χ1v) is 9.89. The van der Waals surface area contributed by atoms with Crippen LogP contribution in [0, 0.1) is 10.1 Å². The lowest BCUT2D eigenvalue weighted by Crippen LogP contribution is -2.16. The summed E-state index contributed by atoms with van der Waals surface area (Å²) in [6.07, 6.45) is 1.48. The van der Waals surface area contributed by atoms with Crippen LogP contribution in [0.1, 0.15) is 21.7 Å². The van der Waals surface area contributed by atoms with Gasteiger partial charge in [0.1, 0.15) is 12.2 Å². The lowest BCUT2D eigenvalue weighted by atomic mass is 10.2. The average molecular weight is 445 g/mol. The predicted octanol–water partition coefficient (Wildman–Crippen LogP) is 4.69. The minimum atomic E-state index is -0.461. The Bertz CT molecular complexity index is 1290. The number of amides is 1. The molecule has 0 saturated carbocycles. The Hall–Kier alpha value is -4.66. The van der Waals surface area contributed by atoms with E-state index in [1.807, 2.05) is 18.2 Å². The molecule has 0 saturated heterocycles. The van der Waals surface area contributed by atoms with Crippen LogP contribution in [-0.2, 0) is 6.61 Å². The molecule has 33 heavy (non-hydrogen) atoms. The van der Waals surface area contributed by atoms with Gasteiger partial charge >= 0.3 is 5.91 Å². The number of benzene rings is 3. The number of methoxy groups -OCH3 is 1. The third kappa shape index (κ3) is 5.16. The van der Waals surface area contributed by atoms with E-state index in [9.17, 15) is 14.9 Å². The molecule has 9 heteroatoms. The normalized spacial score (nSPS) is 10.9. The summed E-state index contributed by atoms with van der Waals surface area (Å²) in [6.45, 7) is 0.218. The van der Waals surface area contributed by atoms with E-state index in [0.29, 0.717) is 22.6 Å². The van der Waals surface area contributed by atoms with Crippen LogP contribution >= 0.6 is 0 Å². The number of fused-ring (bicyclic) bond motifs is 1. The van der Waals surface area contributed by atoms with Gasteiger partial charge in [-0.2, -0.15) is 5.10 Å². The minimum Gasteiger partial charge on any atom is -0.493 e. The van der Waals surface area contributed by atoms with Crippen molar-refractivity contribution in [3.8, 4) is 11.5 Å². The number of nitro groups is 1. The summed E-state index contributed by atoms with van der Waals surface area (Å²) in [5.74, 6) is 0.683. The number of nitro benzene ring substituents is 1. The van der Waals surface area contributed by atoms with Gasteiger partial charge in [-0.25, -0.2) is 5.43 Å². The summed E-state index contributed by atoms with van der Waals surface area (Å²) in [6, 6.07) is 20.3. The van der Waals surface area contributed by atoms with Crippen molar-refractivity contribution in [3.05, 3.63) is 99.8 Å². The SMILES string of the molecule is COc1cc(/C=N/NC(=O)c2cc3ccccc3o2)ccc1OCc1ccc([N+](=O)[O-])cc1. The molecule has 0 spiro atoms. The summed E-state index contributed by atoms with van der Waals surface area (Å²) in [5.41, 5.74) is 4.54. The van der Waals surface area contributed by atoms with E-state index in [2.05, 4.69) is 10.5 Å². The molecular weight excluding hydrogens is 426 g/mol. The number of carbonyl (C=O) groups is 1. The molecule has 9 nitrogen and oxygen atoms in total. The minimum absolute atomic E-state index is 0.0207. The summed E-state index contributed by atoms with van der Waals surface area (Å²) < 4.78 is 16.7. The Kier molecular flexibility index (Phi) is 6.31. The van der Waals surface area contributed by atoms with Gasteiger partial charge in [0.25, 0.3) is 5.69 Å². The van der Waals surface area contributed by atoms with E-state index in [-0.39, 0.29) is 18.1 Å². The van der Waals surface area contributed by atoms with Crippen LogP contribution < -0.4 is 14.9 Å². The van der Waals surface area contributed by atoms with Gasteiger partial charge in [-0.1, -0.05) is 18.2 Å². The summed E-state index contributed by atoms with van der Waals surface area (Å²) in [4.78, 5) is 22.6. The van der Waals surface area contributed by atoms with Crippen LogP contribution in [0.25, 0.3) is 11.0 Å². The summed E-state index contributed by atoms with van der Waals surface area (Å²) in [5, 5.41) is 15.6. The van der Waals surface area contributed by atoms with Crippen LogP contribution in [0.2, 0.25) is 0 Å². The molecule has 0 radical (unpaired) electrons. The second kappa shape index (κ2) is 9.65. The Morgan fingerprint density at radius 3 is 2.61 bits per heavy atom. The molecule has 0 aliphatic rings. The van der Waals surface area contributed by atoms with Crippen LogP contribution in [0.15, 0.2) is 82.3 Å². The first kappa shape index (κ1) is 21.6. The lowest BCUT2D eigenvalue weighted by Gasteiger charge is -2.11. The van der Waals surface area contributed by atoms with Gasteiger partial charge in [-0.05, 0) is 53.6 Å². The Morgan fingerprint density at radius 2 is 1.88 bits per heavy atom. The number of ether oxygens (including phenoxy) is 2. The number of hydrogen-bond donors (Lipinski definition) is 1. The highest BCUT2D eigenvalue weighted by atomic mass is 16.6. The maximum atomic E-state index is 12.3. The van der Waals surface area contributed by atoms with Crippen LogP contribution in [0.5, 0.6) is 11.5 Å². The number of rotatable bonds is 8. The molecule has 4 rings (SSSR count). The topological polar surface area (TPSA) is 116 Å². The van der Waals surface area contributed by atoms with Gasteiger partial charge in [0, 0.05) is 17.5 Å². The smallest absolute Gasteiger partial charge is 0.307 e. The molecule has 0 aliphatic carbocycles. The molecule has 1 N–H and O–H groups in total. The zero-order valence-corrected chi connectivity index (χ0v) is 17.6. The monoisotopic (exact) mass is 445 g/mol. The number of hydrazone groups is 1. The zero-order chi connectivity index (χ0) is 23.2. The number of carbonyl (C=O) groups excluding carboxylic acids is 1. The van der Waals surface area contributed by atoms with Crippen molar-refractivity contribution in [1.82, 2.24) is 5.43 Å². The first-order valence-electron chi connectivity index (χ1n) is 9.89. The number of nitrogens with zero attached hydrogens (tertiary/aromatic N) is 2. The molecule has 1 amide bonds. The summed E-state index contributed by atoms with van der Waals surface area (Å²) in [7, 11) is 1.51. The van der Waals surface area contributed by atoms with Gasteiger partial charge in [-0.15, -0.1) is 0 Å². The van der Waals surface area contributed by atoms with Gasteiger partial charge in [0.05, 0.1) is 18.2 Å². The Morgan fingerprint density at radius 1 is 1.09 bits per heavy atom. The van der Waals surface area contributed by atoms with Crippen LogP contribution in [-0.4, -0.2) is 24.2 Å².